The molecule has 1 unspecified atom stereocenters. The van der Waals surface area contributed by atoms with Crippen LogP contribution in [-0.4, -0.2) is 23.2 Å². The zero-order chi connectivity index (χ0) is 13.3. The van der Waals surface area contributed by atoms with Crippen molar-refractivity contribution in [2.24, 2.45) is 5.41 Å². The van der Waals surface area contributed by atoms with Gasteiger partial charge in [0, 0.05) is 17.9 Å². The van der Waals surface area contributed by atoms with E-state index in [9.17, 15) is 0 Å². The molecule has 0 saturated heterocycles. The van der Waals surface area contributed by atoms with Crippen LogP contribution in [0.2, 0.25) is 0 Å². The van der Waals surface area contributed by atoms with Crippen molar-refractivity contribution in [2.45, 2.75) is 59.4 Å². The topological polar surface area (TPSA) is 51.0 Å². The summed E-state index contributed by atoms with van der Waals surface area (Å²) in [5.41, 5.74) is 0.115. The molecule has 0 saturated carbocycles. The molecule has 98 valence electrons. The Morgan fingerprint density at radius 1 is 1.18 bits per heavy atom. The molecule has 1 aromatic rings. The minimum atomic E-state index is -0.0569. The molecule has 0 aliphatic carbocycles. The second-order valence-electron chi connectivity index (χ2n) is 6.67. The molecule has 0 aromatic carbocycles. The minimum absolute atomic E-state index is 0.0569. The molecule has 1 aromatic heterocycles. The van der Waals surface area contributed by atoms with Gasteiger partial charge in [-0.25, -0.2) is 0 Å². The summed E-state index contributed by atoms with van der Waals surface area (Å²) in [4.78, 5) is 4.46. The van der Waals surface area contributed by atoms with Crippen molar-refractivity contribution in [1.29, 1.82) is 0 Å². The van der Waals surface area contributed by atoms with E-state index in [1.807, 2.05) is 7.05 Å². The lowest BCUT2D eigenvalue weighted by Gasteiger charge is -2.29. The van der Waals surface area contributed by atoms with Gasteiger partial charge in [0.15, 0.2) is 5.82 Å². The van der Waals surface area contributed by atoms with E-state index < -0.39 is 0 Å². The van der Waals surface area contributed by atoms with Gasteiger partial charge in [-0.05, 0) is 12.5 Å². The number of likely N-dealkylation sites (N-methyl/N-ethyl adjacent to an activating group) is 1. The molecule has 4 heteroatoms. The highest BCUT2D eigenvalue weighted by molar-refractivity contribution is 5.01. The highest BCUT2D eigenvalue weighted by Crippen LogP contribution is 2.23. The highest BCUT2D eigenvalue weighted by atomic mass is 16.5. The molecular weight excluding hydrogens is 214 g/mol. The Balaban J connectivity index is 2.79. The first kappa shape index (κ1) is 14.2. The summed E-state index contributed by atoms with van der Waals surface area (Å²) in [5, 5.41) is 7.35. The third kappa shape index (κ3) is 3.80. The number of nitrogens with one attached hydrogen (secondary N) is 1. The van der Waals surface area contributed by atoms with Gasteiger partial charge >= 0.3 is 0 Å². The maximum Gasteiger partial charge on any atom is 0.228 e. The molecule has 1 N–H and O–H groups in total. The van der Waals surface area contributed by atoms with Gasteiger partial charge in [-0.1, -0.05) is 46.7 Å². The number of nitrogens with zero attached hydrogens (tertiary/aromatic N) is 2. The van der Waals surface area contributed by atoms with Crippen LogP contribution < -0.4 is 5.32 Å². The van der Waals surface area contributed by atoms with E-state index in [1.54, 1.807) is 0 Å². The highest BCUT2D eigenvalue weighted by Gasteiger charge is 2.27. The van der Waals surface area contributed by atoms with Gasteiger partial charge in [0.2, 0.25) is 5.89 Å². The van der Waals surface area contributed by atoms with Crippen LogP contribution in [0, 0.1) is 5.41 Å². The first-order valence-electron chi connectivity index (χ1n) is 6.15. The third-order valence-corrected chi connectivity index (χ3v) is 2.91. The molecular formula is C13H25N3O. The van der Waals surface area contributed by atoms with Crippen molar-refractivity contribution in [3.8, 4) is 0 Å². The minimum Gasteiger partial charge on any atom is -0.339 e. The molecule has 0 spiro atoms. The van der Waals surface area contributed by atoms with Crippen LogP contribution in [0.1, 0.15) is 53.3 Å². The number of hydrogen-bond acceptors (Lipinski definition) is 4. The van der Waals surface area contributed by atoms with Crippen molar-refractivity contribution in [3.05, 3.63) is 11.7 Å². The second kappa shape index (κ2) is 4.77. The Morgan fingerprint density at radius 3 is 2.12 bits per heavy atom. The molecule has 0 aliphatic heterocycles. The summed E-state index contributed by atoms with van der Waals surface area (Å²) in [6.45, 7) is 12.9. The van der Waals surface area contributed by atoms with Crippen LogP contribution in [0.15, 0.2) is 4.52 Å². The summed E-state index contributed by atoms with van der Waals surface area (Å²) >= 11 is 0. The number of hydrogen-bond donors (Lipinski definition) is 1. The van der Waals surface area contributed by atoms with Crippen LogP contribution in [0.5, 0.6) is 0 Å². The third-order valence-electron chi connectivity index (χ3n) is 2.91. The van der Waals surface area contributed by atoms with Crippen molar-refractivity contribution >= 4 is 0 Å². The fourth-order valence-electron chi connectivity index (χ4n) is 1.66. The predicted molar refractivity (Wildman–Crippen MR) is 69.0 cm³/mol. The van der Waals surface area contributed by atoms with Crippen molar-refractivity contribution in [3.63, 3.8) is 0 Å². The molecule has 1 heterocycles. The summed E-state index contributed by atoms with van der Waals surface area (Å²) in [5.74, 6) is 1.49. The molecule has 0 radical (unpaired) electrons. The first-order valence-corrected chi connectivity index (χ1v) is 6.15. The normalized spacial score (nSPS) is 15.0. The molecule has 0 amide bonds. The van der Waals surface area contributed by atoms with Gasteiger partial charge in [-0.2, -0.15) is 4.98 Å². The van der Waals surface area contributed by atoms with Crippen molar-refractivity contribution in [1.82, 2.24) is 15.5 Å². The van der Waals surface area contributed by atoms with Gasteiger partial charge in [-0.3, -0.25) is 0 Å². The van der Waals surface area contributed by atoms with Crippen LogP contribution in [0.3, 0.4) is 0 Å². The largest absolute Gasteiger partial charge is 0.339 e. The number of aromatic nitrogens is 2. The molecule has 0 bridgehead atoms. The Hall–Kier alpha value is -0.900. The quantitative estimate of drug-likeness (QED) is 0.880. The Kier molecular flexibility index (Phi) is 3.97. The summed E-state index contributed by atoms with van der Waals surface area (Å²) in [6, 6.07) is 0.329. The Morgan fingerprint density at radius 2 is 1.76 bits per heavy atom. The summed E-state index contributed by atoms with van der Waals surface area (Å²) in [7, 11) is 1.97. The lowest BCUT2D eigenvalue weighted by molar-refractivity contribution is 0.254. The average Bonchev–Trinajstić information content (AvgIpc) is 2.59. The van der Waals surface area contributed by atoms with E-state index in [4.69, 9.17) is 4.52 Å². The van der Waals surface area contributed by atoms with Gasteiger partial charge in [-0.15, -0.1) is 0 Å². The van der Waals surface area contributed by atoms with E-state index in [2.05, 4.69) is 57.0 Å². The average molecular weight is 239 g/mol. The SMILES string of the molecule is CNC(Cc1nc(C(C)(C)C)no1)C(C)(C)C. The Bertz CT molecular complexity index is 357. The van der Waals surface area contributed by atoms with E-state index in [0.717, 1.165) is 12.2 Å². The maximum atomic E-state index is 5.32. The van der Waals surface area contributed by atoms with E-state index in [1.165, 1.54) is 0 Å². The van der Waals surface area contributed by atoms with E-state index >= 15 is 0 Å². The van der Waals surface area contributed by atoms with Gasteiger partial charge in [0.25, 0.3) is 0 Å². The molecule has 1 atom stereocenters. The molecule has 17 heavy (non-hydrogen) atoms. The zero-order valence-electron chi connectivity index (χ0n) is 12.1. The Labute approximate surface area is 104 Å². The van der Waals surface area contributed by atoms with Gasteiger partial charge in [0.1, 0.15) is 0 Å². The van der Waals surface area contributed by atoms with Crippen LogP contribution in [0.4, 0.5) is 0 Å². The van der Waals surface area contributed by atoms with Crippen LogP contribution in [-0.2, 0) is 11.8 Å². The lowest BCUT2D eigenvalue weighted by Crippen LogP contribution is -2.39. The van der Waals surface area contributed by atoms with Gasteiger partial charge in [0.05, 0.1) is 0 Å². The number of rotatable bonds is 3. The lowest BCUT2D eigenvalue weighted by atomic mass is 9.85. The predicted octanol–water partition coefficient (Wildman–Crippen LogP) is 2.54. The molecule has 0 fully saturated rings. The fourth-order valence-corrected chi connectivity index (χ4v) is 1.66. The maximum absolute atomic E-state index is 5.32. The monoisotopic (exact) mass is 239 g/mol. The molecule has 0 aliphatic rings. The standard InChI is InChI=1S/C13H25N3O/c1-12(2,3)9(14-7)8-10-15-11(16-17-10)13(4,5)6/h9,14H,8H2,1-7H3. The second-order valence-corrected chi connectivity index (χ2v) is 6.67. The summed E-state index contributed by atoms with van der Waals surface area (Å²) in [6.07, 6.45) is 0.767. The smallest absolute Gasteiger partial charge is 0.228 e. The van der Waals surface area contributed by atoms with Crippen LogP contribution >= 0.6 is 0 Å². The van der Waals surface area contributed by atoms with Crippen LogP contribution in [0.25, 0.3) is 0 Å². The van der Waals surface area contributed by atoms with Crippen molar-refractivity contribution in [2.75, 3.05) is 7.05 Å². The first-order chi connectivity index (χ1) is 7.64. The summed E-state index contributed by atoms with van der Waals surface area (Å²) < 4.78 is 5.32. The van der Waals surface area contributed by atoms with E-state index in [0.29, 0.717) is 11.9 Å². The fraction of sp³-hybridized carbons (Fsp3) is 0.846. The zero-order valence-corrected chi connectivity index (χ0v) is 12.1. The van der Waals surface area contributed by atoms with E-state index in [-0.39, 0.29) is 10.8 Å². The van der Waals surface area contributed by atoms with Gasteiger partial charge < -0.3 is 9.84 Å². The van der Waals surface area contributed by atoms with Crippen molar-refractivity contribution < 1.29 is 4.52 Å². The molecule has 1 rings (SSSR count). The molecule has 4 nitrogen and oxygen atoms in total.